The second-order valence-electron chi connectivity index (χ2n) is 27.9. The number of aliphatic hydroxyl groups is 5. The van der Waals surface area contributed by atoms with E-state index < -0.39 is 160 Å². The number of methoxy groups -OCH3 is 3. The summed E-state index contributed by atoms with van der Waals surface area (Å²) in [5.74, 6) is -6.13. The van der Waals surface area contributed by atoms with Crippen LogP contribution in [0.4, 0.5) is 0 Å². The molecule has 7 aliphatic rings. The van der Waals surface area contributed by atoms with Gasteiger partial charge in [-0.25, -0.2) is 14.4 Å². The maximum atomic E-state index is 15.4. The van der Waals surface area contributed by atoms with Gasteiger partial charge in [-0.05, 0) is 121 Å². The lowest BCUT2D eigenvalue weighted by Gasteiger charge is -2.70. The SMILES string of the molecule is COC(=O)[C@@H](NC(=O)[C@@]1(C)CC[C@]2(C)CC[C@]3(C)C(=CC(=O)[C@@H]4[C@@]5(C)CC[C@H](OC6OC(C(=O)N[C@@H](C(=O)OC)C(C)C)C(O)C(O)C6OC6OC(C(=O)N[C@@H](C(=O)OC)C(C)C)C(O)C(O)C6O)C(C)(C)C5CC[C@]43C)[C@H]2C1)C(C)C. The molecule has 0 spiro atoms. The number of allylic oxidation sites excluding steroid dienone is 2. The summed E-state index contributed by atoms with van der Waals surface area (Å²) in [5, 5.41) is 65.3. The first kappa shape index (κ1) is 65.4. The van der Waals surface area contributed by atoms with Gasteiger partial charge in [-0.3, -0.25) is 19.2 Å². The van der Waals surface area contributed by atoms with Gasteiger partial charge in [-0.2, -0.15) is 0 Å². The summed E-state index contributed by atoms with van der Waals surface area (Å²) in [6.45, 7) is 25.4. The third kappa shape index (κ3) is 11.3. The number of fused-ring (bicyclic) bond motifs is 7. The van der Waals surface area contributed by atoms with E-state index in [1.807, 2.05) is 40.7 Å². The van der Waals surface area contributed by atoms with Crippen LogP contribution in [-0.2, 0) is 66.7 Å². The number of carbonyl (C=O) groups excluding carboxylic acids is 7. The molecule has 7 rings (SSSR count). The predicted molar refractivity (Wildman–Crippen MR) is 293 cm³/mol. The number of nitrogens with one attached hydrogen (secondary N) is 3. The van der Waals surface area contributed by atoms with Crippen molar-refractivity contribution < 1.29 is 92.3 Å². The Bertz CT molecular complexity index is 2470. The summed E-state index contributed by atoms with van der Waals surface area (Å²) < 4.78 is 40.1. The van der Waals surface area contributed by atoms with Crippen LogP contribution in [0.25, 0.3) is 0 Å². The zero-order valence-electron chi connectivity index (χ0n) is 50.9. The monoisotopic (exact) mass is 1160 g/mol. The van der Waals surface area contributed by atoms with Gasteiger partial charge in [0.1, 0.15) is 54.7 Å². The van der Waals surface area contributed by atoms with Crippen LogP contribution in [0.15, 0.2) is 11.6 Å². The summed E-state index contributed by atoms with van der Waals surface area (Å²) in [6, 6.07) is -3.20. The minimum Gasteiger partial charge on any atom is -0.467 e. The molecule has 464 valence electrons. The van der Waals surface area contributed by atoms with Crippen molar-refractivity contribution in [1.82, 2.24) is 16.0 Å². The van der Waals surface area contributed by atoms with E-state index >= 15 is 4.79 Å². The second-order valence-corrected chi connectivity index (χ2v) is 27.9. The molecule has 2 aliphatic heterocycles. The topological polar surface area (TPSA) is 321 Å². The number of ether oxygens (including phenoxy) is 7. The average molecular weight is 1160 g/mol. The Morgan fingerprint density at radius 1 is 0.585 bits per heavy atom. The lowest BCUT2D eigenvalue weighted by Crippen LogP contribution is -2.69. The highest BCUT2D eigenvalue weighted by Crippen LogP contribution is 2.75. The maximum Gasteiger partial charge on any atom is 0.328 e. The summed E-state index contributed by atoms with van der Waals surface area (Å²) >= 11 is 0. The molecule has 22 atom stereocenters. The molecule has 0 aromatic heterocycles. The van der Waals surface area contributed by atoms with Gasteiger partial charge in [-0.1, -0.05) is 95.6 Å². The van der Waals surface area contributed by atoms with Gasteiger partial charge in [0, 0.05) is 11.3 Å². The van der Waals surface area contributed by atoms with E-state index in [2.05, 4.69) is 43.6 Å². The fourth-order valence-corrected chi connectivity index (χ4v) is 16.1. The molecule has 2 heterocycles. The molecule has 0 bridgehead atoms. The van der Waals surface area contributed by atoms with E-state index in [9.17, 15) is 54.3 Å². The van der Waals surface area contributed by atoms with Crippen molar-refractivity contribution in [3.8, 4) is 0 Å². The fraction of sp³-hybridized carbons (Fsp3) is 0.850. The van der Waals surface area contributed by atoms with Crippen molar-refractivity contribution in [2.24, 2.45) is 68.0 Å². The number of ketones is 1. The van der Waals surface area contributed by atoms with E-state index in [1.165, 1.54) is 7.11 Å². The van der Waals surface area contributed by atoms with Gasteiger partial charge < -0.3 is 74.6 Å². The number of carbonyl (C=O) groups is 7. The van der Waals surface area contributed by atoms with Crippen LogP contribution in [0.1, 0.15) is 148 Å². The van der Waals surface area contributed by atoms with Crippen molar-refractivity contribution in [2.75, 3.05) is 21.3 Å². The normalized spacial score (nSPS) is 41.7. The summed E-state index contributed by atoms with van der Waals surface area (Å²) in [7, 11) is 3.60. The molecule has 0 aromatic rings. The van der Waals surface area contributed by atoms with Gasteiger partial charge in [0.25, 0.3) is 11.8 Å². The molecule has 0 radical (unpaired) electrons. The minimum atomic E-state index is -2.09. The van der Waals surface area contributed by atoms with E-state index in [0.29, 0.717) is 38.5 Å². The molecule has 11 unspecified atom stereocenters. The molecule has 82 heavy (non-hydrogen) atoms. The molecular weight excluding hydrogens is 1070 g/mol. The quantitative estimate of drug-likeness (QED) is 0.0626. The maximum absolute atomic E-state index is 15.4. The van der Waals surface area contributed by atoms with Crippen molar-refractivity contribution in [3.63, 3.8) is 0 Å². The molecule has 2 saturated heterocycles. The van der Waals surface area contributed by atoms with Crippen LogP contribution in [0, 0.1) is 68.0 Å². The third-order valence-corrected chi connectivity index (χ3v) is 21.5. The van der Waals surface area contributed by atoms with Crippen molar-refractivity contribution >= 4 is 41.4 Å². The standard InChI is InChI=1S/C60H95N3O19/c1-27(2)35(49(72)76-14)61-47(70)43-39(66)38(65)42(69)52(80-43)82-45-41(68)40(67)44(48(71)62-36(28(3)4)50(73)77-15)81-53(45)79-34-18-19-58(11)33(55(34,7)8)17-20-60(13)46(58)32(64)25-30-31-26-57(10,22-21-56(31,9)23-24-59(30,60)12)54(75)63-37(29(5)6)51(74)78-16/h25,27-29,31,33-46,52-53,65-69H,17-24,26H2,1-16H3,(H,61,70)(H,62,71)(H,63,75)/t31-,33?,34+,35-,36-,37+,38?,39?,40?,41?,42?,43?,44?,45?,46-,52?,53?,56-,57+,58+,59-,60-/m1/s1. The fourth-order valence-electron chi connectivity index (χ4n) is 16.1. The first-order valence-corrected chi connectivity index (χ1v) is 29.5. The average Bonchev–Trinajstić information content (AvgIpc) is 0.716. The third-order valence-electron chi connectivity index (χ3n) is 21.5. The highest BCUT2D eigenvalue weighted by Gasteiger charge is 2.71. The van der Waals surface area contributed by atoms with Crippen molar-refractivity contribution in [2.45, 2.75) is 233 Å². The molecule has 8 N–H and O–H groups in total. The van der Waals surface area contributed by atoms with Gasteiger partial charge in [-0.15, -0.1) is 0 Å². The molecule has 22 nitrogen and oxygen atoms in total. The lowest BCUT2D eigenvalue weighted by atomic mass is 9.33. The summed E-state index contributed by atoms with van der Waals surface area (Å²) in [4.78, 5) is 95.8. The van der Waals surface area contributed by atoms with Crippen LogP contribution in [0.2, 0.25) is 0 Å². The van der Waals surface area contributed by atoms with Crippen LogP contribution in [0.5, 0.6) is 0 Å². The molecule has 22 heteroatoms. The molecular formula is C60H95N3O19. The van der Waals surface area contributed by atoms with E-state index in [-0.39, 0.29) is 34.9 Å². The summed E-state index contributed by atoms with van der Waals surface area (Å²) in [6.07, 6.45) is -12.8. The number of hydrogen-bond acceptors (Lipinski definition) is 19. The Hall–Kier alpha value is -4.13. The second kappa shape index (κ2) is 24.0. The number of rotatable bonds is 16. The molecule has 4 saturated carbocycles. The highest BCUT2D eigenvalue weighted by atomic mass is 16.8. The Morgan fingerprint density at radius 3 is 1.59 bits per heavy atom. The Kier molecular flexibility index (Phi) is 19.1. The van der Waals surface area contributed by atoms with Crippen molar-refractivity contribution in [3.05, 3.63) is 11.6 Å². The van der Waals surface area contributed by atoms with Gasteiger partial charge in [0.2, 0.25) is 5.91 Å². The number of amides is 3. The van der Waals surface area contributed by atoms with Gasteiger partial charge in [0.05, 0.1) is 27.4 Å². The van der Waals surface area contributed by atoms with Gasteiger partial charge >= 0.3 is 17.9 Å². The smallest absolute Gasteiger partial charge is 0.328 e. The number of aliphatic hydroxyl groups excluding tert-OH is 5. The number of esters is 3. The van der Waals surface area contributed by atoms with Crippen LogP contribution < -0.4 is 16.0 Å². The first-order valence-electron chi connectivity index (χ1n) is 29.5. The lowest BCUT2D eigenvalue weighted by molar-refractivity contribution is -0.369. The van der Waals surface area contributed by atoms with Gasteiger partial charge in [0.15, 0.2) is 30.6 Å². The van der Waals surface area contributed by atoms with E-state index in [4.69, 9.17) is 33.2 Å². The largest absolute Gasteiger partial charge is 0.467 e. The minimum absolute atomic E-state index is 0.0425. The first-order chi connectivity index (χ1) is 38.0. The Morgan fingerprint density at radius 2 is 1.07 bits per heavy atom. The molecule has 5 aliphatic carbocycles. The van der Waals surface area contributed by atoms with Crippen molar-refractivity contribution in [1.29, 1.82) is 0 Å². The molecule has 0 aromatic carbocycles. The Labute approximate surface area is 482 Å². The van der Waals surface area contributed by atoms with Crippen LogP contribution in [-0.4, -0.2) is 174 Å². The van der Waals surface area contributed by atoms with Crippen LogP contribution >= 0.6 is 0 Å². The molecule has 6 fully saturated rings. The van der Waals surface area contributed by atoms with E-state index in [0.717, 1.165) is 39.1 Å². The summed E-state index contributed by atoms with van der Waals surface area (Å²) in [5.41, 5.74) is -2.14. The Balaban J connectivity index is 1.19. The highest BCUT2D eigenvalue weighted by molar-refractivity contribution is 5.96. The molecule has 3 amide bonds. The zero-order chi connectivity index (χ0) is 61.3. The number of hydrogen-bond donors (Lipinski definition) is 8. The predicted octanol–water partition coefficient (Wildman–Crippen LogP) is 2.93. The van der Waals surface area contributed by atoms with Crippen LogP contribution in [0.3, 0.4) is 0 Å². The van der Waals surface area contributed by atoms with E-state index in [1.54, 1.807) is 27.7 Å². The zero-order valence-corrected chi connectivity index (χ0v) is 50.9.